The van der Waals surface area contributed by atoms with Crippen LogP contribution in [0.4, 0.5) is 0 Å². The summed E-state index contributed by atoms with van der Waals surface area (Å²) in [5.41, 5.74) is 0. The van der Waals surface area contributed by atoms with Crippen LogP contribution in [0.25, 0.3) is 0 Å². The van der Waals surface area contributed by atoms with E-state index in [0.29, 0.717) is 12.8 Å². The number of nitrogens with one attached hydrogen (secondary N) is 1. The van der Waals surface area contributed by atoms with E-state index in [1.165, 1.54) is 212 Å². The van der Waals surface area contributed by atoms with E-state index >= 15 is 0 Å². The van der Waals surface area contributed by atoms with E-state index < -0.39 is 86.8 Å². The Labute approximate surface area is 481 Å². The highest BCUT2D eigenvalue weighted by Crippen LogP contribution is 2.30. The van der Waals surface area contributed by atoms with Gasteiger partial charge in [0.2, 0.25) is 5.91 Å². The van der Waals surface area contributed by atoms with Gasteiger partial charge in [-0.3, -0.25) is 4.79 Å². The van der Waals surface area contributed by atoms with Gasteiger partial charge in [-0.1, -0.05) is 249 Å². The summed E-state index contributed by atoms with van der Waals surface area (Å²) in [6.07, 6.45) is 46.6. The molecule has 12 unspecified atom stereocenters. The van der Waals surface area contributed by atoms with Crippen LogP contribution in [-0.2, 0) is 23.7 Å². The maximum absolute atomic E-state index is 13.3. The maximum Gasteiger partial charge on any atom is 0.220 e. The fraction of sp³-hybridized carbons (Fsp3) is 0.892. The van der Waals surface area contributed by atoms with Gasteiger partial charge < -0.3 is 65.1 Å². The van der Waals surface area contributed by atoms with Gasteiger partial charge in [0.1, 0.15) is 48.8 Å². The minimum atomic E-state index is -1.79. The molecular formula is C65H121NO13. The van der Waals surface area contributed by atoms with Gasteiger partial charge in [0.15, 0.2) is 12.6 Å². The molecular weight excluding hydrogens is 1000 g/mol. The molecule has 79 heavy (non-hydrogen) atoms. The molecule has 14 nitrogen and oxygen atoms in total. The van der Waals surface area contributed by atoms with E-state index in [1.54, 1.807) is 6.08 Å². The Morgan fingerprint density at radius 3 is 1.24 bits per heavy atom. The second kappa shape index (κ2) is 50.7. The Bertz CT molecular complexity index is 1460. The predicted molar refractivity (Wildman–Crippen MR) is 318 cm³/mol. The number of aliphatic hydroxyl groups excluding tert-OH is 8. The van der Waals surface area contributed by atoms with E-state index in [-0.39, 0.29) is 18.9 Å². The SMILES string of the molecule is CCCCCCCC/C=C/CC/C=C/C(O)C(COC1OC(CO)C(OC2OC(CO)C(O)C(O)C2O)C(O)C1O)NC(=O)CCCCCCCCCCCCCCCCCCCCCCC/C=C\CCCCCCCCCC. The largest absolute Gasteiger partial charge is 0.394 e. The lowest BCUT2D eigenvalue weighted by Crippen LogP contribution is -2.65. The summed E-state index contributed by atoms with van der Waals surface area (Å²) in [4.78, 5) is 13.3. The highest BCUT2D eigenvalue weighted by molar-refractivity contribution is 5.76. The van der Waals surface area contributed by atoms with Gasteiger partial charge in [0, 0.05) is 6.42 Å². The minimum Gasteiger partial charge on any atom is -0.394 e. The third-order valence-electron chi connectivity index (χ3n) is 16.0. The fourth-order valence-electron chi connectivity index (χ4n) is 10.8. The van der Waals surface area contributed by atoms with E-state index in [9.17, 15) is 45.6 Å². The van der Waals surface area contributed by atoms with Crippen molar-refractivity contribution in [2.45, 2.75) is 351 Å². The quantitative estimate of drug-likeness (QED) is 0.0204. The molecule has 0 spiro atoms. The zero-order valence-electron chi connectivity index (χ0n) is 50.1. The Morgan fingerprint density at radius 2 is 0.810 bits per heavy atom. The molecule has 2 aliphatic rings. The minimum absolute atomic E-state index is 0.246. The van der Waals surface area contributed by atoms with Crippen molar-refractivity contribution in [3.05, 3.63) is 36.5 Å². The zero-order valence-corrected chi connectivity index (χ0v) is 50.1. The summed E-state index contributed by atoms with van der Waals surface area (Å²) in [5, 5.41) is 87.0. The molecule has 9 N–H and O–H groups in total. The van der Waals surface area contributed by atoms with Crippen LogP contribution in [0.15, 0.2) is 36.5 Å². The summed E-state index contributed by atoms with van der Waals surface area (Å²) >= 11 is 0. The van der Waals surface area contributed by atoms with Crippen LogP contribution in [0.1, 0.15) is 277 Å². The van der Waals surface area contributed by atoms with Crippen LogP contribution in [0, 0.1) is 0 Å². The molecule has 2 fully saturated rings. The molecule has 2 saturated heterocycles. The van der Waals surface area contributed by atoms with Crippen LogP contribution in [0.3, 0.4) is 0 Å². The number of unbranched alkanes of at least 4 members (excludes halogenated alkanes) is 36. The van der Waals surface area contributed by atoms with Crippen molar-refractivity contribution >= 4 is 5.91 Å². The van der Waals surface area contributed by atoms with Gasteiger partial charge in [0.25, 0.3) is 0 Å². The van der Waals surface area contributed by atoms with E-state index in [0.717, 1.165) is 32.1 Å². The van der Waals surface area contributed by atoms with Gasteiger partial charge in [-0.25, -0.2) is 0 Å². The molecule has 14 heteroatoms. The highest BCUT2D eigenvalue weighted by atomic mass is 16.7. The highest BCUT2D eigenvalue weighted by Gasteiger charge is 2.51. The number of hydrogen-bond acceptors (Lipinski definition) is 13. The molecule has 0 bridgehead atoms. The topological polar surface area (TPSA) is 228 Å². The Hall–Kier alpha value is -1.79. The van der Waals surface area contributed by atoms with E-state index in [2.05, 4.69) is 43.5 Å². The molecule has 2 aliphatic heterocycles. The molecule has 0 saturated carbocycles. The molecule has 0 aromatic heterocycles. The first-order chi connectivity index (χ1) is 38.6. The Morgan fingerprint density at radius 1 is 0.443 bits per heavy atom. The summed E-state index contributed by atoms with van der Waals surface area (Å²) in [6, 6.07) is -0.928. The standard InChI is InChI=1S/C65H121NO13/c1-3-5-7-9-11-13-15-17-18-19-20-21-22-23-24-25-26-27-28-29-30-31-32-33-34-35-36-37-39-41-43-45-47-49-57(70)66-53(54(69)48-46-44-42-40-38-16-14-12-10-8-6-4-2)52-76-64-62(75)60(73)63(56(51-68)78-64)79-65-61(74)59(72)58(71)55(50-67)77-65/h19-20,38,40,46,48,53-56,58-65,67-69,71-75H,3-18,21-37,39,41-45,47,49-52H2,1-2H3,(H,66,70)/b20-19-,40-38+,48-46+. The molecule has 0 aromatic rings. The lowest BCUT2D eigenvalue weighted by Gasteiger charge is -2.46. The number of aliphatic hydroxyl groups is 8. The number of carbonyl (C=O) groups is 1. The number of rotatable bonds is 53. The van der Waals surface area contributed by atoms with Gasteiger partial charge >= 0.3 is 0 Å². The maximum atomic E-state index is 13.3. The monoisotopic (exact) mass is 1120 g/mol. The van der Waals surface area contributed by atoms with Crippen molar-refractivity contribution in [2.24, 2.45) is 0 Å². The number of carbonyl (C=O) groups excluding carboxylic acids is 1. The van der Waals surface area contributed by atoms with Crippen molar-refractivity contribution in [3.8, 4) is 0 Å². The first-order valence-electron chi connectivity index (χ1n) is 32.7. The summed E-state index contributed by atoms with van der Waals surface area (Å²) in [6.45, 7) is 2.78. The number of amides is 1. The van der Waals surface area contributed by atoms with Crippen LogP contribution in [-0.4, -0.2) is 140 Å². The van der Waals surface area contributed by atoms with E-state index in [1.807, 2.05) is 6.08 Å². The van der Waals surface area contributed by atoms with Crippen LogP contribution in [0.5, 0.6) is 0 Å². The van der Waals surface area contributed by atoms with Gasteiger partial charge in [-0.2, -0.15) is 0 Å². The summed E-state index contributed by atoms with van der Waals surface area (Å²) in [5.74, 6) is -0.246. The van der Waals surface area contributed by atoms with Crippen molar-refractivity contribution < 1.29 is 64.6 Å². The van der Waals surface area contributed by atoms with Crippen LogP contribution in [0.2, 0.25) is 0 Å². The van der Waals surface area contributed by atoms with Gasteiger partial charge in [-0.15, -0.1) is 0 Å². The third kappa shape index (κ3) is 35.8. The van der Waals surface area contributed by atoms with Crippen LogP contribution < -0.4 is 5.32 Å². The predicted octanol–water partition coefficient (Wildman–Crippen LogP) is 12.2. The molecule has 12 atom stereocenters. The second-order valence-corrected chi connectivity index (χ2v) is 23.2. The normalized spacial score (nSPS) is 24.6. The third-order valence-corrected chi connectivity index (χ3v) is 16.0. The molecule has 0 aliphatic carbocycles. The summed E-state index contributed by atoms with van der Waals surface area (Å²) < 4.78 is 22.7. The molecule has 1 amide bonds. The van der Waals surface area contributed by atoms with Crippen molar-refractivity contribution in [1.29, 1.82) is 0 Å². The zero-order chi connectivity index (χ0) is 57.4. The fourth-order valence-corrected chi connectivity index (χ4v) is 10.8. The molecule has 0 aromatic carbocycles. The van der Waals surface area contributed by atoms with Crippen LogP contribution >= 0.6 is 0 Å². The lowest BCUT2D eigenvalue weighted by molar-refractivity contribution is -0.359. The number of allylic oxidation sites excluding steroid dienone is 5. The average molecular weight is 1120 g/mol. The number of ether oxygens (including phenoxy) is 4. The van der Waals surface area contributed by atoms with Crippen molar-refractivity contribution in [1.82, 2.24) is 5.32 Å². The van der Waals surface area contributed by atoms with Crippen molar-refractivity contribution in [2.75, 3.05) is 19.8 Å². The number of hydrogen-bond donors (Lipinski definition) is 9. The molecule has 464 valence electrons. The Balaban J connectivity index is 1.61. The summed E-state index contributed by atoms with van der Waals surface area (Å²) in [7, 11) is 0. The first-order valence-corrected chi connectivity index (χ1v) is 32.7. The van der Waals surface area contributed by atoms with E-state index in [4.69, 9.17) is 18.9 Å². The second-order valence-electron chi connectivity index (χ2n) is 23.2. The lowest BCUT2D eigenvalue weighted by atomic mass is 9.97. The molecule has 0 radical (unpaired) electrons. The molecule has 2 heterocycles. The molecule has 2 rings (SSSR count). The van der Waals surface area contributed by atoms with Gasteiger partial charge in [-0.05, 0) is 57.8 Å². The average Bonchev–Trinajstić information content (AvgIpc) is 3.48. The smallest absolute Gasteiger partial charge is 0.220 e. The van der Waals surface area contributed by atoms with Gasteiger partial charge in [0.05, 0.1) is 32.0 Å². The Kier molecular flexibility index (Phi) is 47.0. The van der Waals surface area contributed by atoms with Crippen molar-refractivity contribution in [3.63, 3.8) is 0 Å². The first kappa shape index (κ1) is 73.3.